The van der Waals surface area contributed by atoms with Crippen LogP contribution in [0.2, 0.25) is 5.02 Å². The van der Waals surface area contributed by atoms with E-state index in [1.807, 2.05) is 0 Å². The van der Waals surface area contributed by atoms with Crippen LogP contribution < -0.4 is 5.32 Å². The van der Waals surface area contributed by atoms with Gasteiger partial charge in [0, 0.05) is 12.1 Å². The van der Waals surface area contributed by atoms with Gasteiger partial charge in [0.1, 0.15) is 12.1 Å². The maximum atomic E-state index is 13.0. The lowest BCUT2D eigenvalue weighted by molar-refractivity contribution is -0.384. The van der Waals surface area contributed by atoms with Gasteiger partial charge in [-0.3, -0.25) is 19.6 Å². The number of hydrogen-bond donors (Lipinski definition) is 3. The van der Waals surface area contributed by atoms with Gasteiger partial charge >= 0.3 is 6.18 Å². The summed E-state index contributed by atoms with van der Waals surface area (Å²) in [6.07, 6.45) is -6.23. The quantitative estimate of drug-likeness (QED) is 0.439. The summed E-state index contributed by atoms with van der Waals surface area (Å²) in [4.78, 5) is 22.6. The number of nitrogens with one attached hydrogen (secondary N) is 1. The lowest BCUT2D eigenvalue weighted by Gasteiger charge is -2.24. The van der Waals surface area contributed by atoms with Crippen LogP contribution in [0.5, 0.6) is 0 Å². The number of aliphatic hydroxyl groups is 2. The number of rotatable bonds is 7. The number of amides is 1. The van der Waals surface area contributed by atoms with E-state index in [4.69, 9.17) is 11.6 Å². The van der Waals surface area contributed by atoms with E-state index in [-0.39, 0.29) is 16.9 Å². The molecule has 13 heteroatoms. The number of aromatic nitrogens is 2. The molecule has 0 aliphatic carbocycles. The minimum atomic E-state index is -4.80. The summed E-state index contributed by atoms with van der Waals surface area (Å²) in [5.74, 6) is -0.828. The van der Waals surface area contributed by atoms with Crippen LogP contribution >= 0.6 is 11.6 Å². The second kappa shape index (κ2) is 8.98. The van der Waals surface area contributed by atoms with Gasteiger partial charge < -0.3 is 15.5 Å². The predicted octanol–water partition coefficient (Wildman–Crippen LogP) is 2.54. The van der Waals surface area contributed by atoms with Gasteiger partial charge in [0.05, 0.1) is 28.3 Å². The van der Waals surface area contributed by atoms with E-state index in [0.29, 0.717) is 0 Å². The number of halogens is 4. The molecule has 30 heavy (non-hydrogen) atoms. The molecule has 0 bridgehead atoms. The summed E-state index contributed by atoms with van der Waals surface area (Å²) >= 11 is 5.68. The number of nitro benzene ring substituents is 1. The third-order valence-corrected chi connectivity index (χ3v) is 4.90. The first-order valence-electron chi connectivity index (χ1n) is 8.53. The van der Waals surface area contributed by atoms with Gasteiger partial charge in [-0.2, -0.15) is 18.3 Å². The Labute approximate surface area is 173 Å². The van der Waals surface area contributed by atoms with E-state index in [2.05, 4.69) is 10.4 Å². The fourth-order valence-electron chi connectivity index (χ4n) is 2.72. The van der Waals surface area contributed by atoms with Crippen molar-refractivity contribution in [2.75, 3.05) is 6.61 Å². The molecule has 1 amide bonds. The van der Waals surface area contributed by atoms with Gasteiger partial charge in [0.2, 0.25) is 5.91 Å². The fourth-order valence-corrected chi connectivity index (χ4v) is 2.95. The molecular formula is C17H18ClF3N4O5. The monoisotopic (exact) mass is 450 g/mol. The summed E-state index contributed by atoms with van der Waals surface area (Å²) in [5.41, 5.74) is -1.44. The number of aliphatic hydroxyl groups excluding tert-OH is 2. The van der Waals surface area contributed by atoms with Crippen molar-refractivity contribution >= 4 is 23.2 Å². The van der Waals surface area contributed by atoms with Crippen molar-refractivity contribution in [3.63, 3.8) is 0 Å². The summed E-state index contributed by atoms with van der Waals surface area (Å²) < 4.78 is 39.7. The number of carbonyl (C=O) groups is 1. The molecule has 1 aromatic heterocycles. The van der Waals surface area contributed by atoms with Crippen molar-refractivity contribution in [3.05, 3.63) is 56.4 Å². The molecule has 9 nitrogen and oxygen atoms in total. The van der Waals surface area contributed by atoms with E-state index < -0.39 is 52.5 Å². The van der Waals surface area contributed by atoms with Crippen molar-refractivity contribution in [2.24, 2.45) is 0 Å². The Morgan fingerprint density at radius 2 is 1.93 bits per heavy atom. The lowest BCUT2D eigenvalue weighted by atomic mass is 10.0. The molecule has 0 fully saturated rings. The molecule has 0 aliphatic heterocycles. The number of benzene rings is 1. The highest BCUT2D eigenvalue weighted by molar-refractivity contribution is 6.32. The number of nitrogens with zero attached hydrogens (tertiary/aromatic N) is 3. The van der Waals surface area contributed by atoms with E-state index in [1.54, 1.807) is 0 Å². The second-order valence-corrected chi connectivity index (χ2v) is 6.84. The molecule has 2 aromatic rings. The molecule has 1 aromatic carbocycles. The normalized spacial score (nSPS) is 14.8. The topological polar surface area (TPSA) is 131 Å². The van der Waals surface area contributed by atoms with Crippen LogP contribution in [0.25, 0.3) is 0 Å². The number of nitro groups is 1. The molecule has 3 N–H and O–H groups in total. The molecule has 0 saturated carbocycles. The Hall–Kier alpha value is -2.70. The maximum absolute atomic E-state index is 13.0. The molecule has 164 valence electrons. The molecule has 0 spiro atoms. The van der Waals surface area contributed by atoms with Crippen molar-refractivity contribution in [1.29, 1.82) is 0 Å². The second-order valence-electron chi connectivity index (χ2n) is 6.46. The van der Waals surface area contributed by atoms with Gasteiger partial charge in [-0.1, -0.05) is 11.6 Å². The zero-order valence-corrected chi connectivity index (χ0v) is 16.5. The van der Waals surface area contributed by atoms with Gasteiger partial charge in [-0.25, -0.2) is 0 Å². The highest BCUT2D eigenvalue weighted by Gasteiger charge is 2.39. The summed E-state index contributed by atoms with van der Waals surface area (Å²) in [6.45, 7) is 1.84. The van der Waals surface area contributed by atoms with Gasteiger partial charge in [-0.15, -0.1) is 0 Å². The Kier molecular flexibility index (Phi) is 7.06. The van der Waals surface area contributed by atoms with Crippen molar-refractivity contribution in [3.8, 4) is 0 Å². The minimum absolute atomic E-state index is 0.0805. The maximum Gasteiger partial charge on any atom is 0.436 e. The van der Waals surface area contributed by atoms with Gasteiger partial charge in [-0.05, 0) is 31.5 Å². The largest absolute Gasteiger partial charge is 0.436 e. The number of carbonyl (C=O) groups excluding carboxylic acids is 1. The minimum Gasteiger partial charge on any atom is -0.394 e. The smallest absolute Gasteiger partial charge is 0.394 e. The van der Waals surface area contributed by atoms with Crippen LogP contribution in [0.4, 0.5) is 18.9 Å². The molecule has 1 heterocycles. The SMILES string of the molecule is Cc1c(Cl)c(C(F)(F)F)nn1C(C)C(=O)NC(CO)C(O)c1ccc([N+](=O)[O-])cc1. The zero-order chi connectivity index (χ0) is 22.8. The van der Waals surface area contributed by atoms with Crippen LogP contribution in [0.15, 0.2) is 24.3 Å². The third kappa shape index (κ3) is 4.89. The molecular weight excluding hydrogens is 433 g/mol. The van der Waals surface area contributed by atoms with Crippen LogP contribution in [0, 0.1) is 17.0 Å². The first-order valence-corrected chi connectivity index (χ1v) is 8.91. The van der Waals surface area contributed by atoms with E-state index in [9.17, 15) is 38.3 Å². The van der Waals surface area contributed by atoms with E-state index in [0.717, 1.165) is 16.8 Å². The summed E-state index contributed by atoms with van der Waals surface area (Å²) in [5, 5.41) is 35.7. The van der Waals surface area contributed by atoms with E-state index >= 15 is 0 Å². The van der Waals surface area contributed by atoms with Crippen molar-refractivity contribution in [1.82, 2.24) is 15.1 Å². The third-order valence-electron chi connectivity index (χ3n) is 4.44. The van der Waals surface area contributed by atoms with E-state index in [1.165, 1.54) is 26.0 Å². The average molecular weight is 451 g/mol. The summed E-state index contributed by atoms with van der Waals surface area (Å²) in [6, 6.07) is 2.34. The Bertz CT molecular complexity index is 933. The fraction of sp³-hybridized carbons (Fsp3) is 0.412. The average Bonchev–Trinajstić information content (AvgIpc) is 3.00. The van der Waals surface area contributed by atoms with Crippen LogP contribution in [0.1, 0.15) is 36.0 Å². The molecule has 0 radical (unpaired) electrons. The Morgan fingerprint density at radius 1 is 1.37 bits per heavy atom. The Balaban J connectivity index is 2.19. The standard InChI is InChI=1S/C17H18ClF3N4O5/c1-8-13(18)15(17(19,20)21)23-24(8)9(2)16(28)22-12(7-26)14(27)10-3-5-11(6-4-10)25(29)30/h3-6,9,12,14,26-27H,7H2,1-2H3,(H,22,28). The first-order chi connectivity index (χ1) is 13.9. The molecule has 0 aliphatic rings. The zero-order valence-electron chi connectivity index (χ0n) is 15.7. The highest BCUT2D eigenvalue weighted by Crippen LogP contribution is 2.36. The molecule has 0 saturated heterocycles. The summed E-state index contributed by atoms with van der Waals surface area (Å²) in [7, 11) is 0. The molecule has 3 atom stereocenters. The van der Waals surface area contributed by atoms with Crippen LogP contribution in [-0.4, -0.2) is 43.5 Å². The Morgan fingerprint density at radius 3 is 2.37 bits per heavy atom. The van der Waals surface area contributed by atoms with Gasteiger partial charge in [0.15, 0.2) is 5.69 Å². The van der Waals surface area contributed by atoms with Gasteiger partial charge in [0.25, 0.3) is 5.69 Å². The van der Waals surface area contributed by atoms with Crippen LogP contribution in [0.3, 0.4) is 0 Å². The number of non-ortho nitro benzene ring substituents is 1. The predicted molar refractivity (Wildman–Crippen MR) is 98.8 cm³/mol. The molecule has 2 rings (SSSR count). The number of hydrogen-bond acceptors (Lipinski definition) is 6. The van der Waals surface area contributed by atoms with Crippen molar-refractivity contribution in [2.45, 2.75) is 38.2 Å². The van der Waals surface area contributed by atoms with Crippen molar-refractivity contribution < 1.29 is 33.1 Å². The molecule has 3 unspecified atom stereocenters. The first kappa shape index (κ1) is 23.6. The highest BCUT2D eigenvalue weighted by atomic mass is 35.5. The van der Waals surface area contributed by atoms with Crippen LogP contribution in [-0.2, 0) is 11.0 Å². The lowest BCUT2D eigenvalue weighted by Crippen LogP contribution is -2.44. The number of alkyl halides is 3.